The minimum Gasteiger partial charge on any atom is -0.414 e. The van der Waals surface area contributed by atoms with E-state index in [2.05, 4.69) is 154 Å². The van der Waals surface area contributed by atoms with Gasteiger partial charge in [-0.25, -0.2) is 15.0 Å². The molecule has 0 aliphatic heterocycles. The first-order valence-corrected chi connectivity index (χ1v) is 21.8. The summed E-state index contributed by atoms with van der Waals surface area (Å²) in [5, 5.41) is 4.69. The Morgan fingerprint density at radius 1 is 0.817 bits per heavy atom. The molecule has 7 aromatic rings. The smallest absolute Gasteiger partial charge is 0.169 e. The van der Waals surface area contributed by atoms with Crippen molar-refractivity contribution in [3.8, 4) is 21.1 Å². The largest absolute Gasteiger partial charge is 0.414 e. The van der Waals surface area contributed by atoms with Crippen molar-refractivity contribution in [2.45, 2.75) is 88.5 Å². The Kier molecular flexibility index (Phi) is 20.8. The molecule has 0 radical (unpaired) electrons. The molecule has 0 bridgehead atoms. The Morgan fingerprint density at radius 2 is 1.47 bits per heavy atom. The highest BCUT2D eigenvalue weighted by atomic mass is 32.1. The standard InChI is InChI=1S/C16H16N2.C14H18N2.C8H5NOS2.C6H11NO2.C5H10/c1-11-4-7-14(8-5-11)16-13(3)18-10-12(2)6-9-15(18)17-16;1-5-11(4)14-12(6-2)16-9-10(3)7-8-13(16)15-14;10-4-6-5-12-8(9-6)7-2-1-3-11-7;1-6(9-7-2)4-3-5-8;1-3-5-4-2/h4-10H,1-3H3;5,7-9H,6H2,1-4H3;1-5H;4-5,7H,3H2,1-2H3;3,5H,4H2,1-2H3/b;11-5+;;6-4-;5-3-. The quantitative estimate of drug-likeness (QED) is 0.0633. The summed E-state index contributed by atoms with van der Waals surface area (Å²) in [6, 6.07) is 20.9. The first-order valence-electron chi connectivity index (χ1n) is 20.1. The lowest BCUT2D eigenvalue weighted by atomic mass is 10.1. The number of hydroxylamine groups is 1. The van der Waals surface area contributed by atoms with Crippen molar-refractivity contribution >= 4 is 52.1 Å². The van der Waals surface area contributed by atoms with Crippen molar-refractivity contribution in [3.05, 3.63) is 153 Å². The predicted molar refractivity (Wildman–Crippen MR) is 254 cm³/mol. The van der Waals surface area contributed by atoms with Crippen molar-refractivity contribution in [2.24, 2.45) is 0 Å². The second-order valence-electron chi connectivity index (χ2n) is 13.7. The van der Waals surface area contributed by atoms with E-state index < -0.39 is 0 Å². The topological polar surface area (TPSA) is 103 Å². The number of thiazole rings is 1. The van der Waals surface area contributed by atoms with E-state index in [4.69, 9.17) is 14.8 Å². The number of thiophene rings is 1. The van der Waals surface area contributed by atoms with Crippen LogP contribution in [0.3, 0.4) is 0 Å². The van der Waals surface area contributed by atoms with Crippen LogP contribution >= 0.6 is 22.7 Å². The maximum atomic E-state index is 10.3. The molecule has 316 valence electrons. The first kappa shape index (κ1) is 48.6. The zero-order chi connectivity index (χ0) is 44.0. The summed E-state index contributed by atoms with van der Waals surface area (Å²) in [6.45, 7) is 20.7. The molecular formula is C49H60N6O3S2. The van der Waals surface area contributed by atoms with Crippen LogP contribution in [0.15, 0.2) is 114 Å². The molecule has 0 fully saturated rings. The lowest BCUT2D eigenvalue weighted by molar-refractivity contribution is -0.107. The van der Waals surface area contributed by atoms with Crippen LogP contribution in [0.25, 0.3) is 38.0 Å². The van der Waals surface area contributed by atoms with Gasteiger partial charge in [-0.3, -0.25) is 4.79 Å². The molecule has 0 saturated heterocycles. The van der Waals surface area contributed by atoms with Crippen LogP contribution in [0.1, 0.15) is 98.6 Å². The van der Waals surface area contributed by atoms with Crippen molar-refractivity contribution in [3.63, 3.8) is 0 Å². The molecule has 0 aliphatic rings. The van der Waals surface area contributed by atoms with E-state index in [9.17, 15) is 9.59 Å². The SMILES string of the molecule is C/C=C(\C)c1nc2ccc(C)cn2c1CC.C/C=C\CC.CNO/C(C)=C\CC=O.Cc1ccc(-c2nc3ccc(C)cn3c2C)cc1.O=Cc1csc(-c2cccs2)n1. The minimum atomic E-state index is 0.410. The number of aryl methyl sites for hydroxylation is 5. The number of imidazole rings is 2. The molecule has 0 spiro atoms. The number of nitrogens with zero attached hydrogens (tertiary/aromatic N) is 5. The zero-order valence-corrected chi connectivity index (χ0v) is 38.6. The Balaban J connectivity index is 0.000000211. The third kappa shape index (κ3) is 14.5. The van der Waals surface area contributed by atoms with Crippen LogP contribution < -0.4 is 5.48 Å². The van der Waals surface area contributed by atoms with Crippen LogP contribution in [-0.4, -0.2) is 43.4 Å². The number of hydrogen-bond donors (Lipinski definition) is 1. The van der Waals surface area contributed by atoms with Crippen molar-refractivity contribution in [1.29, 1.82) is 0 Å². The molecule has 0 aliphatic carbocycles. The molecule has 0 unspecified atom stereocenters. The van der Waals surface area contributed by atoms with Gasteiger partial charge in [-0.1, -0.05) is 80.1 Å². The summed E-state index contributed by atoms with van der Waals surface area (Å²) in [6.07, 6.45) is 16.5. The van der Waals surface area contributed by atoms with Gasteiger partial charge in [-0.15, -0.1) is 22.7 Å². The lowest BCUT2D eigenvalue weighted by Gasteiger charge is -2.02. The van der Waals surface area contributed by atoms with Gasteiger partial charge in [0, 0.05) is 48.2 Å². The number of carbonyl (C=O) groups is 2. The normalized spacial score (nSPS) is 11.1. The molecule has 1 aromatic carbocycles. The molecule has 60 heavy (non-hydrogen) atoms. The van der Waals surface area contributed by atoms with Crippen LogP contribution in [0.5, 0.6) is 0 Å². The number of rotatable bonds is 10. The van der Waals surface area contributed by atoms with Gasteiger partial charge in [0.1, 0.15) is 34.0 Å². The molecule has 0 amide bonds. The van der Waals surface area contributed by atoms with E-state index in [1.807, 2.05) is 24.4 Å². The van der Waals surface area contributed by atoms with E-state index in [1.54, 1.807) is 36.8 Å². The van der Waals surface area contributed by atoms with Crippen molar-refractivity contribution in [2.75, 3.05) is 7.05 Å². The fraction of sp³-hybridized carbons (Fsp3) is 0.286. The van der Waals surface area contributed by atoms with Crippen molar-refractivity contribution < 1.29 is 14.4 Å². The van der Waals surface area contributed by atoms with Gasteiger partial charge in [0.15, 0.2) is 6.29 Å². The van der Waals surface area contributed by atoms with Crippen LogP contribution in [-0.2, 0) is 16.1 Å². The fourth-order valence-corrected chi connectivity index (χ4v) is 7.33. The third-order valence-corrected chi connectivity index (χ3v) is 10.8. The molecule has 7 rings (SSSR count). The predicted octanol–water partition coefficient (Wildman–Crippen LogP) is 12.8. The maximum Gasteiger partial charge on any atom is 0.169 e. The Bertz CT molecular complexity index is 2470. The number of pyridine rings is 2. The average molecular weight is 845 g/mol. The van der Waals surface area contributed by atoms with Gasteiger partial charge < -0.3 is 18.4 Å². The zero-order valence-electron chi connectivity index (χ0n) is 36.9. The van der Waals surface area contributed by atoms with Gasteiger partial charge in [0.2, 0.25) is 0 Å². The van der Waals surface area contributed by atoms with E-state index in [-0.39, 0.29) is 0 Å². The summed E-state index contributed by atoms with van der Waals surface area (Å²) in [4.78, 5) is 39.6. The molecule has 0 saturated carbocycles. The van der Waals surface area contributed by atoms with E-state index in [0.717, 1.165) is 58.0 Å². The number of hydrogen-bond acceptors (Lipinski definition) is 9. The summed E-state index contributed by atoms with van der Waals surface area (Å²) >= 11 is 3.13. The second-order valence-corrected chi connectivity index (χ2v) is 15.5. The summed E-state index contributed by atoms with van der Waals surface area (Å²) < 4.78 is 4.36. The fourth-order valence-electron chi connectivity index (χ4n) is 5.75. The molecule has 11 heteroatoms. The van der Waals surface area contributed by atoms with Crippen molar-refractivity contribution in [1.82, 2.24) is 29.2 Å². The summed E-state index contributed by atoms with van der Waals surface area (Å²) in [5.41, 5.74) is 16.0. The monoisotopic (exact) mass is 844 g/mol. The van der Waals surface area contributed by atoms with Gasteiger partial charge in [-0.2, -0.15) is 5.48 Å². The lowest BCUT2D eigenvalue weighted by Crippen LogP contribution is -2.04. The van der Waals surface area contributed by atoms with Crippen LogP contribution in [0.2, 0.25) is 0 Å². The Hall–Kier alpha value is -5.75. The molecule has 0 atom stereocenters. The molecule has 6 heterocycles. The summed E-state index contributed by atoms with van der Waals surface area (Å²) in [5.74, 6) is 0.713. The van der Waals surface area contributed by atoms with Crippen LogP contribution in [0, 0.1) is 27.7 Å². The first-order chi connectivity index (χ1) is 28.9. The molecule has 9 nitrogen and oxygen atoms in total. The number of allylic oxidation sites excluding steroid dienone is 6. The Morgan fingerprint density at radius 3 is 1.98 bits per heavy atom. The van der Waals surface area contributed by atoms with E-state index >= 15 is 0 Å². The number of aromatic nitrogens is 5. The van der Waals surface area contributed by atoms with E-state index in [1.165, 1.54) is 50.6 Å². The molecular weight excluding hydrogens is 785 g/mol. The maximum absolute atomic E-state index is 10.3. The highest BCUT2D eigenvalue weighted by molar-refractivity contribution is 7.20. The minimum absolute atomic E-state index is 0.410. The number of nitrogens with one attached hydrogen (secondary N) is 1. The molecule has 6 aromatic heterocycles. The molecule has 1 N–H and O–H groups in total. The van der Waals surface area contributed by atoms with Crippen LogP contribution in [0.4, 0.5) is 0 Å². The van der Waals surface area contributed by atoms with E-state index in [0.29, 0.717) is 17.9 Å². The number of fused-ring (bicyclic) bond motifs is 2. The van der Waals surface area contributed by atoms with Gasteiger partial charge >= 0.3 is 0 Å². The second kappa shape index (κ2) is 25.7. The summed E-state index contributed by atoms with van der Waals surface area (Å²) in [7, 11) is 1.66. The highest BCUT2D eigenvalue weighted by Gasteiger charge is 2.12. The number of benzene rings is 1. The van der Waals surface area contributed by atoms with Gasteiger partial charge in [0.05, 0.1) is 16.3 Å². The van der Waals surface area contributed by atoms with Gasteiger partial charge in [-0.05, 0) is 115 Å². The Labute approximate surface area is 364 Å². The van der Waals surface area contributed by atoms with Gasteiger partial charge in [0.25, 0.3) is 0 Å². The number of aldehydes is 2. The average Bonchev–Trinajstić information content (AvgIpc) is 4.08. The highest BCUT2D eigenvalue weighted by Crippen LogP contribution is 2.27. The number of carbonyl (C=O) groups excluding carboxylic acids is 2. The third-order valence-electron chi connectivity index (χ3n) is 8.95.